The summed E-state index contributed by atoms with van der Waals surface area (Å²) in [5.74, 6) is -0.155. The second-order valence-electron chi connectivity index (χ2n) is 7.00. The molecule has 1 atom stereocenters. The fourth-order valence-electron chi connectivity index (χ4n) is 2.95. The molecule has 2 rings (SSSR count). The normalized spacial score (nSPS) is 11.6. The molecular weight excluding hydrogens is 388 g/mol. The van der Waals surface area contributed by atoms with Crippen molar-refractivity contribution < 1.29 is 24.0 Å². The van der Waals surface area contributed by atoms with E-state index in [-0.39, 0.29) is 31.4 Å². The van der Waals surface area contributed by atoms with Crippen LogP contribution in [-0.4, -0.2) is 46.7 Å². The molecule has 0 fully saturated rings. The van der Waals surface area contributed by atoms with Crippen molar-refractivity contribution in [2.75, 3.05) is 13.2 Å². The average Bonchev–Trinajstić information content (AvgIpc) is 3.19. The molecular formula is C21H28N4O5. The number of carbonyl (C=O) groups excluding carboxylic acids is 3. The highest BCUT2D eigenvalue weighted by Gasteiger charge is 2.20. The van der Waals surface area contributed by atoms with Crippen LogP contribution in [0.1, 0.15) is 48.7 Å². The minimum atomic E-state index is -0.555. The number of oxazole rings is 1. The third-order valence-corrected chi connectivity index (χ3v) is 4.56. The van der Waals surface area contributed by atoms with Gasteiger partial charge in [-0.25, -0.2) is 10.0 Å². The van der Waals surface area contributed by atoms with Crippen LogP contribution in [0.3, 0.4) is 0 Å². The van der Waals surface area contributed by atoms with E-state index in [0.717, 1.165) is 19.3 Å². The highest BCUT2D eigenvalue weighted by molar-refractivity contribution is 5.95. The smallest absolute Gasteiger partial charge is 0.252 e. The van der Waals surface area contributed by atoms with Gasteiger partial charge in [-0.15, -0.1) is 0 Å². The third-order valence-electron chi connectivity index (χ3n) is 4.56. The van der Waals surface area contributed by atoms with Crippen LogP contribution < -0.4 is 10.6 Å². The lowest BCUT2D eigenvalue weighted by Gasteiger charge is -2.19. The Morgan fingerprint density at radius 3 is 2.77 bits per heavy atom. The van der Waals surface area contributed by atoms with Crippen molar-refractivity contribution in [1.82, 2.24) is 20.7 Å². The Kier molecular flexibility index (Phi) is 9.02. The monoisotopic (exact) mass is 416 g/mol. The quantitative estimate of drug-likeness (QED) is 0.161. The molecule has 2 aromatic rings. The van der Waals surface area contributed by atoms with Gasteiger partial charge in [-0.2, -0.15) is 0 Å². The number of hydroxylamine groups is 2. The maximum absolute atomic E-state index is 12.4. The number of benzene rings is 1. The minimum Gasteiger partial charge on any atom is -0.441 e. The van der Waals surface area contributed by atoms with Crippen LogP contribution in [0.2, 0.25) is 0 Å². The SMILES string of the molecule is CCCCC[C@H](CN(O)C=O)C(=O)NCNC(=O)c1cccc(-c2ncc(C)o2)c1. The average molecular weight is 416 g/mol. The summed E-state index contributed by atoms with van der Waals surface area (Å²) in [6, 6.07) is 6.82. The van der Waals surface area contributed by atoms with E-state index < -0.39 is 5.92 Å². The summed E-state index contributed by atoms with van der Waals surface area (Å²) in [5, 5.41) is 15.2. The summed E-state index contributed by atoms with van der Waals surface area (Å²) in [6.45, 7) is 3.67. The Morgan fingerprint density at radius 1 is 1.30 bits per heavy atom. The molecule has 0 saturated heterocycles. The van der Waals surface area contributed by atoms with Gasteiger partial charge in [0.1, 0.15) is 5.76 Å². The first kappa shape index (κ1) is 23.1. The van der Waals surface area contributed by atoms with E-state index >= 15 is 0 Å². The van der Waals surface area contributed by atoms with Gasteiger partial charge in [0.2, 0.25) is 18.2 Å². The third kappa shape index (κ3) is 7.00. The van der Waals surface area contributed by atoms with Crippen LogP contribution in [0, 0.1) is 12.8 Å². The van der Waals surface area contributed by atoms with E-state index in [0.29, 0.717) is 34.3 Å². The van der Waals surface area contributed by atoms with Gasteiger partial charge in [-0.3, -0.25) is 19.6 Å². The Bertz CT molecular complexity index is 851. The van der Waals surface area contributed by atoms with Gasteiger partial charge in [0.15, 0.2) is 0 Å². The van der Waals surface area contributed by atoms with Crippen LogP contribution >= 0.6 is 0 Å². The van der Waals surface area contributed by atoms with Crippen LogP contribution in [0.25, 0.3) is 11.5 Å². The molecule has 162 valence electrons. The molecule has 0 aliphatic rings. The molecule has 9 nitrogen and oxygen atoms in total. The number of nitrogens with zero attached hydrogens (tertiary/aromatic N) is 2. The molecule has 1 aromatic heterocycles. The summed E-state index contributed by atoms with van der Waals surface area (Å²) in [5.41, 5.74) is 1.08. The second-order valence-corrected chi connectivity index (χ2v) is 7.00. The van der Waals surface area contributed by atoms with Crippen LogP contribution in [0.5, 0.6) is 0 Å². The minimum absolute atomic E-state index is 0.0726. The van der Waals surface area contributed by atoms with Crippen molar-refractivity contribution >= 4 is 18.2 Å². The summed E-state index contributed by atoms with van der Waals surface area (Å²) >= 11 is 0. The molecule has 0 unspecified atom stereocenters. The number of carbonyl (C=O) groups is 3. The summed E-state index contributed by atoms with van der Waals surface area (Å²) < 4.78 is 5.48. The molecule has 0 spiro atoms. The molecule has 0 saturated carbocycles. The number of aromatic nitrogens is 1. The Balaban J connectivity index is 1.90. The molecule has 30 heavy (non-hydrogen) atoms. The Morgan fingerprint density at radius 2 is 2.10 bits per heavy atom. The molecule has 0 aliphatic heterocycles. The number of hydrogen-bond acceptors (Lipinski definition) is 6. The van der Waals surface area contributed by atoms with E-state index in [9.17, 15) is 19.6 Å². The molecule has 0 radical (unpaired) electrons. The summed E-state index contributed by atoms with van der Waals surface area (Å²) in [7, 11) is 0. The van der Waals surface area contributed by atoms with Crippen LogP contribution in [0.4, 0.5) is 0 Å². The maximum atomic E-state index is 12.4. The van der Waals surface area contributed by atoms with E-state index in [4.69, 9.17) is 4.42 Å². The molecule has 1 heterocycles. The molecule has 0 bridgehead atoms. The fourth-order valence-corrected chi connectivity index (χ4v) is 2.95. The number of hydrogen-bond donors (Lipinski definition) is 3. The second kappa shape index (κ2) is 11.7. The highest BCUT2D eigenvalue weighted by Crippen LogP contribution is 2.20. The maximum Gasteiger partial charge on any atom is 0.252 e. The summed E-state index contributed by atoms with van der Waals surface area (Å²) in [4.78, 5) is 39.6. The zero-order valence-corrected chi connectivity index (χ0v) is 17.3. The number of rotatable bonds is 12. The number of aryl methyl sites for hydroxylation is 1. The largest absolute Gasteiger partial charge is 0.441 e. The number of amides is 3. The zero-order chi connectivity index (χ0) is 21.9. The van der Waals surface area contributed by atoms with E-state index in [1.54, 1.807) is 37.4 Å². The van der Waals surface area contributed by atoms with Gasteiger partial charge in [-0.1, -0.05) is 32.3 Å². The van der Waals surface area contributed by atoms with E-state index in [2.05, 4.69) is 15.6 Å². The Hall–Kier alpha value is -3.20. The van der Waals surface area contributed by atoms with E-state index in [1.165, 1.54) is 0 Å². The van der Waals surface area contributed by atoms with Gasteiger partial charge < -0.3 is 15.1 Å². The topological polar surface area (TPSA) is 125 Å². The fraction of sp³-hybridized carbons (Fsp3) is 0.429. The van der Waals surface area contributed by atoms with Crippen molar-refractivity contribution in [2.24, 2.45) is 5.92 Å². The zero-order valence-electron chi connectivity index (χ0n) is 17.3. The van der Waals surface area contributed by atoms with E-state index in [1.807, 2.05) is 6.92 Å². The van der Waals surface area contributed by atoms with Gasteiger partial charge in [-0.05, 0) is 31.5 Å². The van der Waals surface area contributed by atoms with Crippen LogP contribution in [0.15, 0.2) is 34.9 Å². The van der Waals surface area contributed by atoms with Crippen molar-refractivity contribution in [3.63, 3.8) is 0 Å². The van der Waals surface area contributed by atoms with Gasteiger partial charge in [0.25, 0.3) is 5.91 Å². The highest BCUT2D eigenvalue weighted by atomic mass is 16.5. The lowest BCUT2D eigenvalue weighted by molar-refractivity contribution is -0.154. The lowest BCUT2D eigenvalue weighted by atomic mass is 10.0. The van der Waals surface area contributed by atoms with Crippen LogP contribution in [-0.2, 0) is 9.59 Å². The van der Waals surface area contributed by atoms with Crippen molar-refractivity contribution in [2.45, 2.75) is 39.5 Å². The number of nitrogens with one attached hydrogen (secondary N) is 2. The summed E-state index contributed by atoms with van der Waals surface area (Å²) in [6.07, 6.45) is 5.16. The standard InChI is InChI=1S/C21H28N4O5/c1-3-4-5-7-18(12-25(29)14-26)20(28)24-13-23-19(27)16-8-6-9-17(10-16)21-22-11-15(2)30-21/h6,8-11,14,18,29H,3-5,7,12-13H2,1-2H3,(H,23,27)(H,24,28)/t18-/m1/s1. The van der Waals surface area contributed by atoms with Crippen molar-refractivity contribution in [3.05, 3.63) is 41.8 Å². The lowest BCUT2D eigenvalue weighted by Crippen LogP contribution is -2.43. The van der Waals surface area contributed by atoms with Gasteiger partial charge >= 0.3 is 0 Å². The predicted molar refractivity (Wildman–Crippen MR) is 109 cm³/mol. The molecule has 3 amide bonds. The van der Waals surface area contributed by atoms with Gasteiger partial charge in [0, 0.05) is 11.1 Å². The first-order chi connectivity index (χ1) is 14.4. The van der Waals surface area contributed by atoms with Gasteiger partial charge in [0.05, 0.1) is 25.3 Å². The van der Waals surface area contributed by atoms with Crippen molar-refractivity contribution in [3.8, 4) is 11.5 Å². The number of unbranched alkanes of at least 4 members (excludes halogenated alkanes) is 2. The predicted octanol–water partition coefficient (Wildman–Crippen LogP) is 2.50. The molecule has 1 aromatic carbocycles. The first-order valence-electron chi connectivity index (χ1n) is 9.94. The Labute approximate surface area is 175 Å². The molecule has 9 heteroatoms. The molecule has 0 aliphatic carbocycles. The van der Waals surface area contributed by atoms with Crippen molar-refractivity contribution in [1.29, 1.82) is 0 Å². The first-order valence-corrected chi connectivity index (χ1v) is 9.94. The molecule has 3 N–H and O–H groups in total.